The zero-order valence-electron chi connectivity index (χ0n) is 15.5. The molecule has 0 radical (unpaired) electrons. The van der Waals surface area contributed by atoms with Gasteiger partial charge in [0.2, 0.25) is 0 Å². The van der Waals surface area contributed by atoms with Gasteiger partial charge in [-0.1, -0.05) is 24.3 Å². The Morgan fingerprint density at radius 3 is 2.96 bits per heavy atom. The Bertz CT molecular complexity index is 1010. The number of hydrogen-bond donors (Lipinski definition) is 4. The van der Waals surface area contributed by atoms with Crippen molar-refractivity contribution in [3.8, 4) is 0 Å². The van der Waals surface area contributed by atoms with Crippen LogP contribution in [-0.4, -0.2) is 26.7 Å². The van der Waals surface area contributed by atoms with E-state index in [0.29, 0.717) is 13.0 Å². The van der Waals surface area contributed by atoms with Gasteiger partial charge < -0.3 is 21.1 Å². The van der Waals surface area contributed by atoms with Crippen LogP contribution in [0.15, 0.2) is 47.3 Å². The third-order valence-electron chi connectivity index (χ3n) is 5.50. The molecule has 5 N–H and O–H groups in total. The summed E-state index contributed by atoms with van der Waals surface area (Å²) in [6.07, 6.45) is 1.93. The highest BCUT2D eigenvalue weighted by atomic mass is 16.3. The van der Waals surface area contributed by atoms with Gasteiger partial charge in [-0.25, -0.2) is 4.79 Å². The van der Waals surface area contributed by atoms with Gasteiger partial charge in [-0.3, -0.25) is 4.57 Å². The Labute approximate surface area is 158 Å². The minimum Gasteiger partial charge on any atom is -0.399 e. The summed E-state index contributed by atoms with van der Waals surface area (Å²) in [4.78, 5) is 15.1. The van der Waals surface area contributed by atoms with E-state index in [2.05, 4.69) is 23.3 Å². The summed E-state index contributed by atoms with van der Waals surface area (Å²) in [7, 11) is 0. The topological polar surface area (TPSA) is 96.1 Å². The number of imidazole rings is 1. The number of aliphatic hydroxyl groups is 1. The SMILES string of the molecule is C[C@H](CCc1cccc(N)c1)N[C@@H]1CCn2c(=O)[nH]c3cccc(c32)C1O. The summed E-state index contributed by atoms with van der Waals surface area (Å²) in [5.41, 5.74) is 10.2. The maximum atomic E-state index is 12.2. The molecule has 142 valence electrons. The number of aryl methyl sites for hydroxylation is 2. The van der Waals surface area contributed by atoms with E-state index in [4.69, 9.17) is 5.73 Å². The molecule has 0 aliphatic carbocycles. The van der Waals surface area contributed by atoms with E-state index in [1.807, 2.05) is 36.4 Å². The Morgan fingerprint density at radius 2 is 2.15 bits per heavy atom. The summed E-state index contributed by atoms with van der Waals surface area (Å²) < 4.78 is 1.74. The highest BCUT2D eigenvalue weighted by molar-refractivity contribution is 5.79. The second kappa shape index (κ2) is 7.21. The monoisotopic (exact) mass is 366 g/mol. The van der Waals surface area contributed by atoms with Crippen LogP contribution < -0.4 is 16.7 Å². The molecule has 2 aromatic carbocycles. The lowest BCUT2D eigenvalue weighted by Gasteiger charge is -2.26. The molecule has 0 amide bonds. The molecule has 0 saturated heterocycles. The van der Waals surface area contributed by atoms with Gasteiger partial charge in [-0.2, -0.15) is 0 Å². The van der Waals surface area contributed by atoms with Crippen molar-refractivity contribution in [2.75, 3.05) is 5.73 Å². The van der Waals surface area contributed by atoms with E-state index in [0.717, 1.165) is 35.1 Å². The first-order chi connectivity index (χ1) is 13.0. The van der Waals surface area contributed by atoms with Crippen LogP contribution in [0.1, 0.15) is 37.0 Å². The quantitative estimate of drug-likeness (QED) is 0.521. The van der Waals surface area contributed by atoms with Crippen molar-refractivity contribution in [1.82, 2.24) is 14.9 Å². The van der Waals surface area contributed by atoms with Gasteiger partial charge in [0.15, 0.2) is 0 Å². The van der Waals surface area contributed by atoms with Crippen LogP contribution in [0.2, 0.25) is 0 Å². The van der Waals surface area contributed by atoms with Crippen molar-refractivity contribution in [3.63, 3.8) is 0 Å². The second-order valence-electron chi connectivity index (χ2n) is 7.52. The largest absolute Gasteiger partial charge is 0.399 e. The first kappa shape index (κ1) is 17.8. The Hall–Kier alpha value is -2.57. The third-order valence-corrected chi connectivity index (χ3v) is 5.50. The first-order valence-corrected chi connectivity index (χ1v) is 9.53. The van der Waals surface area contributed by atoms with Gasteiger partial charge in [0.05, 0.1) is 17.1 Å². The number of aromatic amines is 1. The smallest absolute Gasteiger partial charge is 0.326 e. The number of nitrogens with two attached hydrogens (primary N) is 1. The third kappa shape index (κ3) is 3.50. The molecule has 1 unspecified atom stereocenters. The normalized spacial score (nSPS) is 20.5. The summed E-state index contributed by atoms with van der Waals surface area (Å²) in [6, 6.07) is 13.8. The summed E-state index contributed by atoms with van der Waals surface area (Å²) in [6.45, 7) is 2.73. The molecule has 27 heavy (non-hydrogen) atoms. The average Bonchev–Trinajstić information content (AvgIpc) is 2.90. The fourth-order valence-electron chi connectivity index (χ4n) is 4.10. The van der Waals surface area contributed by atoms with Crippen molar-refractivity contribution in [2.24, 2.45) is 0 Å². The summed E-state index contributed by atoms with van der Waals surface area (Å²) in [5.74, 6) is 0. The molecule has 0 saturated carbocycles. The number of rotatable bonds is 5. The predicted molar refractivity (Wildman–Crippen MR) is 108 cm³/mol. The lowest BCUT2D eigenvalue weighted by atomic mass is 9.98. The fourth-order valence-corrected chi connectivity index (χ4v) is 4.10. The zero-order chi connectivity index (χ0) is 19.0. The van der Waals surface area contributed by atoms with Gasteiger partial charge >= 0.3 is 5.69 Å². The minimum absolute atomic E-state index is 0.0919. The number of nitrogens with zero attached hydrogens (tertiary/aromatic N) is 1. The highest BCUT2D eigenvalue weighted by Gasteiger charge is 2.29. The summed E-state index contributed by atoms with van der Waals surface area (Å²) >= 11 is 0. The number of benzene rings is 2. The molecular formula is C21H26N4O2. The standard InChI is InChI=1S/C21H26N4O2/c1-13(8-9-14-4-2-5-15(22)12-14)23-18-10-11-25-19-16(20(18)26)6-3-7-17(19)24-21(25)27/h2-7,12-13,18,20,23,26H,8-11,22H2,1H3,(H,24,27)/t13-,18-,20?/m1/s1. The number of H-pyrrole nitrogens is 1. The van der Waals surface area contributed by atoms with Crippen molar-refractivity contribution in [3.05, 3.63) is 64.1 Å². The highest BCUT2D eigenvalue weighted by Crippen LogP contribution is 2.30. The van der Waals surface area contributed by atoms with Crippen LogP contribution in [0.5, 0.6) is 0 Å². The number of nitrogens with one attached hydrogen (secondary N) is 2. The van der Waals surface area contributed by atoms with Crippen LogP contribution in [0.4, 0.5) is 5.69 Å². The van der Waals surface area contributed by atoms with Gasteiger partial charge in [-0.05, 0) is 49.9 Å². The van der Waals surface area contributed by atoms with Crippen molar-refractivity contribution in [1.29, 1.82) is 0 Å². The number of aliphatic hydroxyl groups excluding tert-OH is 1. The molecule has 4 rings (SSSR count). The average molecular weight is 366 g/mol. The van der Waals surface area contributed by atoms with Crippen LogP contribution in [0.3, 0.4) is 0 Å². The Balaban J connectivity index is 1.47. The van der Waals surface area contributed by atoms with Crippen molar-refractivity contribution >= 4 is 16.7 Å². The number of anilines is 1. The van der Waals surface area contributed by atoms with Crippen LogP contribution in [0, 0.1) is 0 Å². The summed E-state index contributed by atoms with van der Waals surface area (Å²) in [5, 5.41) is 14.6. The van der Waals surface area contributed by atoms with E-state index < -0.39 is 6.10 Å². The van der Waals surface area contributed by atoms with Crippen LogP contribution in [-0.2, 0) is 13.0 Å². The van der Waals surface area contributed by atoms with Crippen LogP contribution in [0.25, 0.3) is 11.0 Å². The lowest BCUT2D eigenvalue weighted by molar-refractivity contribution is 0.119. The first-order valence-electron chi connectivity index (χ1n) is 9.53. The Morgan fingerprint density at radius 1 is 1.33 bits per heavy atom. The predicted octanol–water partition coefficient (Wildman–Crippen LogP) is 2.33. The van der Waals surface area contributed by atoms with Gasteiger partial charge in [-0.15, -0.1) is 0 Å². The maximum Gasteiger partial charge on any atom is 0.326 e. The van der Waals surface area contributed by atoms with E-state index in [-0.39, 0.29) is 17.8 Å². The molecule has 3 atom stereocenters. The molecule has 0 fully saturated rings. The van der Waals surface area contributed by atoms with E-state index in [9.17, 15) is 9.90 Å². The number of nitrogen functional groups attached to an aromatic ring is 1. The molecule has 3 aromatic rings. The molecule has 1 aromatic heterocycles. The molecule has 1 aliphatic heterocycles. The van der Waals surface area contributed by atoms with Crippen molar-refractivity contribution in [2.45, 2.75) is 50.9 Å². The molecule has 2 heterocycles. The molecule has 0 spiro atoms. The molecule has 0 bridgehead atoms. The molecule has 1 aliphatic rings. The van der Waals surface area contributed by atoms with Gasteiger partial charge in [0.1, 0.15) is 0 Å². The second-order valence-corrected chi connectivity index (χ2v) is 7.52. The number of hydrogen-bond acceptors (Lipinski definition) is 4. The van der Waals surface area contributed by atoms with Crippen LogP contribution >= 0.6 is 0 Å². The molecular weight excluding hydrogens is 340 g/mol. The fraction of sp³-hybridized carbons (Fsp3) is 0.381. The molecule has 6 nitrogen and oxygen atoms in total. The van der Waals surface area contributed by atoms with E-state index in [1.165, 1.54) is 5.56 Å². The van der Waals surface area contributed by atoms with Gasteiger partial charge in [0, 0.05) is 29.9 Å². The minimum atomic E-state index is -0.646. The molecule has 6 heteroatoms. The maximum absolute atomic E-state index is 12.2. The van der Waals surface area contributed by atoms with E-state index >= 15 is 0 Å². The Kier molecular flexibility index (Phi) is 4.76. The number of aromatic nitrogens is 2. The lowest BCUT2D eigenvalue weighted by Crippen LogP contribution is -2.41. The number of para-hydroxylation sites is 1. The van der Waals surface area contributed by atoms with E-state index in [1.54, 1.807) is 4.57 Å². The van der Waals surface area contributed by atoms with Crippen molar-refractivity contribution < 1.29 is 5.11 Å². The zero-order valence-corrected chi connectivity index (χ0v) is 15.5. The van der Waals surface area contributed by atoms with Gasteiger partial charge in [0.25, 0.3) is 0 Å².